The molecule has 0 saturated carbocycles. The highest BCUT2D eigenvalue weighted by molar-refractivity contribution is 5.88. The van der Waals surface area contributed by atoms with E-state index < -0.39 is 0 Å². The number of anilines is 1. The number of benzene rings is 1. The number of amides is 2. The van der Waals surface area contributed by atoms with Gasteiger partial charge in [0.05, 0.1) is 0 Å². The first-order valence-corrected chi connectivity index (χ1v) is 7.41. The summed E-state index contributed by atoms with van der Waals surface area (Å²) < 4.78 is 0. The maximum Gasteiger partial charge on any atom is 0.223 e. The van der Waals surface area contributed by atoms with Crippen molar-refractivity contribution in [3.63, 3.8) is 0 Å². The number of hydrogen-bond donors (Lipinski definition) is 2. The van der Waals surface area contributed by atoms with Gasteiger partial charge in [-0.25, -0.2) is 0 Å². The number of hydrogen-bond acceptors (Lipinski definition) is 3. The van der Waals surface area contributed by atoms with Crippen LogP contribution in [0, 0.1) is 0 Å². The topological polar surface area (TPSA) is 61.4 Å². The average Bonchev–Trinajstić information content (AvgIpc) is 2.46. The predicted molar refractivity (Wildman–Crippen MR) is 85.0 cm³/mol. The van der Waals surface area contributed by atoms with Gasteiger partial charge in [0.1, 0.15) is 0 Å². The largest absolute Gasteiger partial charge is 0.343 e. The fraction of sp³-hybridized carbons (Fsp3) is 0.500. The summed E-state index contributed by atoms with van der Waals surface area (Å²) >= 11 is 0. The molecule has 0 aromatic heterocycles. The van der Waals surface area contributed by atoms with E-state index in [1.54, 1.807) is 0 Å². The van der Waals surface area contributed by atoms with Crippen LogP contribution >= 0.6 is 0 Å². The molecule has 2 N–H and O–H groups in total. The van der Waals surface area contributed by atoms with Crippen LogP contribution in [0.25, 0.3) is 0 Å². The van der Waals surface area contributed by atoms with Gasteiger partial charge in [0.15, 0.2) is 0 Å². The zero-order chi connectivity index (χ0) is 15.7. The first-order valence-electron chi connectivity index (χ1n) is 7.41. The molecule has 0 spiro atoms. The summed E-state index contributed by atoms with van der Waals surface area (Å²) in [6.45, 7) is 8.38. The number of carbonyl (C=O) groups excluding carboxylic acids is 2. The van der Waals surface area contributed by atoms with Gasteiger partial charge in [0, 0.05) is 45.2 Å². The van der Waals surface area contributed by atoms with Crippen LogP contribution in [-0.4, -0.2) is 36.3 Å². The summed E-state index contributed by atoms with van der Waals surface area (Å²) in [6, 6.07) is 7.67. The van der Waals surface area contributed by atoms with Crippen molar-refractivity contribution >= 4 is 17.5 Å². The van der Waals surface area contributed by atoms with E-state index in [4.69, 9.17) is 0 Å². The van der Waals surface area contributed by atoms with Crippen LogP contribution in [0.3, 0.4) is 0 Å². The summed E-state index contributed by atoms with van der Waals surface area (Å²) in [6.07, 6.45) is 0.519. The molecule has 1 rings (SSSR count). The van der Waals surface area contributed by atoms with Gasteiger partial charge in [-0.3, -0.25) is 9.59 Å². The van der Waals surface area contributed by atoms with Crippen molar-refractivity contribution in [3.8, 4) is 0 Å². The Balaban J connectivity index is 2.29. The van der Waals surface area contributed by atoms with E-state index in [0.29, 0.717) is 19.5 Å². The third kappa shape index (κ3) is 6.40. The molecule has 0 saturated heterocycles. The van der Waals surface area contributed by atoms with Gasteiger partial charge >= 0.3 is 0 Å². The van der Waals surface area contributed by atoms with E-state index in [9.17, 15) is 9.59 Å². The second kappa shape index (κ2) is 9.13. The van der Waals surface area contributed by atoms with Gasteiger partial charge in [0.2, 0.25) is 11.8 Å². The lowest BCUT2D eigenvalue weighted by atomic mass is 10.2. The van der Waals surface area contributed by atoms with Gasteiger partial charge in [-0.1, -0.05) is 12.1 Å². The normalized spacial score (nSPS) is 10.2. The lowest BCUT2D eigenvalue weighted by molar-refractivity contribution is -0.130. The SMILES string of the molecule is CCN(CC)C(=O)CCNCc1ccc(NC(C)=O)cc1. The summed E-state index contributed by atoms with van der Waals surface area (Å²) in [5.41, 5.74) is 1.92. The molecule has 0 radical (unpaired) electrons. The number of carbonyl (C=O) groups is 2. The second-order valence-corrected chi connectivity index (χ2v) is 4.87. The van der Waals surface area contributed by atoms with Crippen molar-refractivity contribution in [2.75, 3.05) is 25.0 Å². The van der Waals surface area contributed by atoms with Crippen molar-refractivity contribution in [2.24, 2.45) is 0 Å². The second-order valence-electron chi connectivity index (χ2n) is 4.87. The Hall–Kier alpha value is -1.88. The monoisotopic (exact) mass is 291 g/mol. The summed E-state index contributed by atoms with van der Waals surface area (Å²) in [5, 5.41) is 5.99. The zero-order valence-electron chi connectivity index (χ0n) is 13.1. The van der Waals surface area contributed by atoms with E-state index in [-0.39, 0.29) is 11.8 Å². The quantitative estimate of drug-likeness (QED) is 0.720. The van der Waals surface area contributed by atoms with Crippen molar-refractivity contribution in [2.45, 2.75) is 33.7 Å². The van der Waals surface area contributed by atoms with Crippen molar-refractivity contribution in [3.05, 3.63) is 29.8 Å². The number of rotatable bonds is 8. The number of nitrogens with zero attached hydrogens (tertiary/aromatic N) is 1. The lowest BCUT2D eigenvalue weighted by Crippen LogP contribution is -2.32. The average molecular weight is 291 g/mol. The van der Waals surface area contributed by atoms with Crippen LogP contribution < -0.4 is 10.6 Å². The molecule has 0 aliphatic carbocycles. The minimum Gasteiger partial charge on any atom is -0.343 e. The molecule has 116 valence electrons. The molecule has 0 atom stereocenters. The van der Waals surface area contributed by atoms with E-state index in [1.165, 1.54) is 6.92 Å². The van der Waals surface area contributed by atoms with E-state index in [0.717, 1.165) is 24.3 Å². The van der Waals surface area contributed by atoms with Crippen molar-refractivity contribution < 1.29 is 9.59 Å². The Bertz CT molecular complexity index is 453. The molecule has 0 bridgehead atoms. The molecule has 5 heteroatoms. The Kier molecular flexibility index (Phi) is 7.46. The van der Waals surface area contributed by atoms with E-state index in [1.807, 2.05) is 43.0 Å². The van der Waals surface area contributed by atoms with Crippen LogP contribution in [0.4, 0.5) is 5.69 Å². The maximum atomic E-state index is 11.8. The van der Waals surface area contributed by atoms with E-state index in [2.05, 4.69) is 10.6 Å². The van der Waals surface area contributed by atoms with Gasteiger partial charge in [-0.2, -0.15) is 0 Å². The first kappa shape index (κ1) is 17.2. The maximum absolute atomic E-state index is 11.8. The molecular formula is C16H25N3O2. The van der Waals surface area contributed by atoms with Crippen LogP contribution in [0.2, 0.25) is 0 Å². The molecule has 0 aliphatic rings. The van der Waals surface area contributed by atoms with Gasteiger partial charge in [0.25, 0.3) is 0 Å². The van der Waals surface area contributed by atoms with E-state index >= 15 is 0 Å². The smallest absolute Gasteiger partial charge is 0.223 e. The van der Waals surface area contributed by atoms with Crippen LogP contribution in [0.5, 0.6) is 0 Å². The Morgan fingerprint density at radius 1 is 1.10 bits per heavy atom. The molecule has 2 amide bonds. The molecule has 0 unspecified atom stereocenters. The summed E-state index contributed by atoms with van der Waals surface area (Å²) in [5.74, 6) is 0.115. The zero-order valence-corrected chi connectivity index (χ0v) is 13.1. The fourth-order valence-corrected chi connectivity index (χ4v) is 2.07. The molecule has 0 fully saturated rings. The summed E-state index contributed by atoms with van der Waals surface area (Å²) in [4.78, 5) is 24.6. The molecule has 1 aromatic rings. The predicted octanol–water partition coefficient (Wildman–Crippen LogP) is 1.99. The standard InChI is InChI=1S/C16H25N3O2/c1-4-19(5-2)16(21)10-11-17-12-14-6-8-15(9-7-14)18-13(3)20/h6-9,17H,4-5,10-12H2,1-3H3,(H,18,20). The highest BCUT2D eigenvalue weighted by Gasteiger charge is 2.08. The molecule has 21 heavy (non-hydrogen) atoms. The minimum atomic E-state index is -0.0733. The Labute approximate surface area is 126 Å². The highest BCUT2D eigenvalue weighted by Crippen LogP contribution is 2.09. The number of nitrogens with one attached hydrogen (secondary N) is 2. The van der Waals surface area contributed by atoms with Gasteiger partial charge in [-0.15, -0.1) is 0 Å². The van der Waals surface area contributed by atoms with Crippen LogP contribution in [0.1, 0.15) is 32.8 Å². The Morgan fingerprint density at radius 3 is 2.24 bits per heavy atom. The van der Waals surface area contributed by atoms with Crippen LogP contribution in [0.15, 0.2) is 24.3 Å². The molecule has 0 aliphatic heterocycles. The third-order valence-electron chi connectivity index (χ3n) is 3.24. The summed E-state index contributed by atoms with van der Waals surface area (Å²) in [7, 11) is 0. The molecular weight excluding hydrogens is 266 g/mol. The first-order chi connectivity index (χ1) is 10.1. The molecule has 5 nitrogen and oxygen atoms in total. The van der Waals surface area contributed by atoms with Crippen LogP contribution in [-0.2, 0) is 16.1 Å². The highest BCUT2D eigenvalue weighted by atomic mass is 16.2. The van der Waals surface area contributed by atoms with Gasteiger partial charge < -0.3 is 15.5 Å². The Morgan fingerprint density at radius 2 is 1.71 bits per heavy atom. The minimum absolute atomic E-state index is 0.0733. The lowest BCUT2D eigenvalue weighted by Gasteiger charge is -2.18. The third-order valence-corrected chi connectivity index (χ3v) is 3.24. The van der Waals surface area contributed by atoms with Gasteiger partial charge in [-0.05, 0) is 31.5 Å². The molecule has 0 heterocycles. The van der Waals surface area contributed by atoms with Crippen molar-refractivity contribution in [1.29, 1.82) is 0 Å². The molecule has 1 aromatic carbocycles. The van der Waals surface area contributed by atoms with Crippen molar-refractivity contribution in [1.82, 2.24) is 10.2 Å². The fourth-order valence-electron chi connectivity index (χ4n) is 2.07.